The molecule has 2 atom stereocenters. The summed E-state index contributed by atoms with van der Waals surface area (Å²) in [6.07, 6.45) is 70.0. The van der Waals surface area contributed by atoms with E-state index in [0.717, 1.165) is 38.5 Å². The molecule has 0 heterocycles. The summed E-state index contributed by atoms with van der Waals surface area (Å²) in [7, 11) is 0. The van der Waals surface area contributed by atoms with E-state index in [9.17, 15) is 15.0 Å². The van der Waals surface area contributed by atoms with Gasteiger partial charge in [0, 0.05) is 6.42 Å². The van der Waals surface area contributed by atoms with E-state index in [4.69, 9.17) is 0 Å². The maximum Gasteiger partial charge on any atom is 0.220 e. The zero-order chi connectivity index (χ0) is 42.8. The zero-order valence-corrected chi connectivity index (χ0v) is 39.8. The molecule has 0 radical (unpaired) electrons. The summed E-state index contributed by atoms with van der Waals surface area (Å²) in [5, 5.41) is 22.9. The van der Waals surface area contributed by atoms with E-state index in [0.29, 0.717) is 6.42 Å². The maximum absolute atomic E-state index is 12.3. The number of carbonyl (C=O) groups excluding carboxylic acids is 1. The molecule has 0 aliphatic rings. The van der Waals surface area contributed by atoms with E-state index in [1.165, 1.54) is 218 Å². The van der Waals surface area contributed by atoms with Crippen molar-refractivity contribution in [3.63, 3.8) is 0 Å². The third kappa shape index (κ3) is 47.3. The lowest BCUT2D eigenvalue weighted by atomic mass is 10.0. The molecule has 346 valence electrons. The number of aliphatic hydroxyl groups excluding tert-OH is 2. The SMILES string of the molecule is CCCCCCC/C=C\C/C=C\C/C=C\CCCCCCCCCCCCCCCCCCCCCCCCCCC(=O)NC(CO)C(O)/C=C/CCCCCCCC. The molecule has 3 N–H and O–H groups in total. The van der Waals surface area contributed by atoms with Gasteiger partial charge in [-0.25, -0.2) is 0 Å². The van der Waals surface area contributed by atoms with Crippen LogP contribution in [0.15, 0.2) is 48.6 Å². The van der Waals surface area contributed by atoms with Crippen molar-refractivity contribution in [1.82, 2.24) is 5.32 Å². The number of rotatable bonds is 48. The molecule has 0 aromatic rings. The van der Waals surface area contributed by atoms with Crippen molar-refractivity contribution in [2.45, 2.75) is 289 Å². The second-order valence-corrected chi connectivity index (χ2v) is 17.9. The minimum Gasteiger partial charge on any atom is -0.394 e. The number of hydrogen-bond acceptors (Lipinski definition) is 3. The minimum atomic E-state index is -0.834. The van der Waals surface area contributed by atoms with E-state index < -0.39 is 12.1 Å². The van der Waals surface area contributed by atoms with Crippen LogP contribution in [0.3, 0.4) is 0 Å². The Morgan fingerprint density at radius 3 is 1.03 bits per heavy atom. The van der Waals surface area contributed by atoms with Crippen LogP contribution in [0.1, 0.15) is 277 Å². The van der Waals surface area contributed by atoms with E-state index in [1.807, 2.05) is 6.08 Å². The third-order valence-corrected chi connectivity index (χ3v) is 12.1. The Bertz CT molecular complexity index is 939. The molecule has 0 aromatic heterocycles. The highest BCUT2D eigenvalue weighted by Gasteiger charge is 2.18. The second kappa shape index (κ2) is 50.7. The molecular formula is C55H103NO3. The summed E-state index contributed by atoms with van der Waals surface area (Å²) in [5.74, 6) is -0.0642. The predicted molar refractivity (Wildman–Crippen MR) is 262 cm³/mol. The first-order valence-corrected chi connectivity index (χ1v) is 26.4. The van der Waals surface area contributed by atoms with Crippen LogP contribution < -0.4 is 5.32 Å². The molecule has 59 heavy (non-hydrogen) atoms. The van der Waals surface area contributed by atoms with E-state index in [2.05, 4.69) is 55.6 Å². The van der Waals surface area contributed by atoms with Gasteiger partial charge in [-0.2, -0.15) is 0 Å². The van der Waals surface area contributed by atoms with Crippen molar-refractivity contribution in [3.05, 3.63) is 48.6 Å². The predicted octanol–water partition coefficient (Wildman–Crippen LogP) is 17.1. The monoisotopic (exact) mass is 826 g/mol. The third-order valence-electron chi connectivity index (χ3n) is 12.1. The van der Waals surface area contributed by atoms with Gasteiger partial charge in [-0.1, -0.05) is 262 Å². The van der Waals surface area contributed by atoms with E-state index in [-0.39, 0.29) is 12.5 Å². The van der Waals surface area contributed by atoms with Gasteiger partial charge in [-0.15, -0.1) is 0 Å². The first kappa shape index (κ1) is 57.3. The van der Waals surface area contributed by atoms with Crippen LogP contribution in [-0.4, -0.2) is 34.9 Å². The molecule has 0 aliphatic heterocycles. The van der Waals surface area contributed by atoms with E-state index >= 15 is 0 Å². The van der Waals surface area contributed by atoms with Gasteiger partial charge < -0.3 is 15.5 Å². The number of carbonyl (C=O) groups is 1. The van der Waals surface area contributed by atoms with Gasteiger partial charge in [0.2, 0.25) is 5.91 Å². The highest BCUT2D eigenvalue weighted by atomic mass is 16.3. The highest BCUT2D eigenvalue weighted by molar-refractivity contribution is 5.76. The van der Waals surface area contributed by atoms with Gasteiger partial charge in [0.25, 0.3) is 0 Å². The lowest BCUT2D eigenvalue weighted by Gasteiger charge is -2.20. The molecule has 4 heteroatoms. The summed E-state index contributed by atoms with van der Waals surface area (Å²) in [4.78, 5) is 12.3. The molecular weight excluding hydrogens is 723 g/mol. The molecule has 0 fully saturated rings. The van der Waals surface area contributed by atoms with Gasteiger partial charge in [0.05, 0.1) is 18.8 Å². The Hall–Kier alpha value is -1.65. The molecule has 0 saturated heterocycles. The average Bonchev–Trinajstić information content (AvgIpc) is 3.24. The lowest BCUT2D eigenvalue weighted by molar-refractivity contribution is -0.123. The number of amides is 1. The fourth-order valence-electron chi connectivity index (χ4n) is 8.01. The maximum atomic E-state index is 12.3. The molecule has 1 amide bonds. The van der Waals surface area contributed by atoms with Crippen LogP contribution in [-0.2, 0) is 4.79 Å². The Kier molecular flexibility index (Phi) is 49.3. The highest BCUT2D eigenvalue weighted by Crippen LogP contribution is 2.17. The van der Waals surface area contributed by atoms with Gasteiger partial charge in [0.1, 0.15) is 0 Å². The number of hydrogen-bond donors (Lipinski definition) is 3. The van der Waals surface area contributed by atoms with Crippen LogP contribution >= 0.6 is 0 Å². The average molecular weight is 826 g/mol. The first-order valence-electron chi connectivity index (χ1n) is 26.4. The van der Waals surface area contributed by atoms with Gasteiger partial charge in [0.15, 0.2) is 0 Å². The molecule has 0 spiro atoms. The molecule has 0 rings (SSSR count). The second-order valence-electron chi connectivity index (χ2n) is 17.9. The summed E-state index contributed by atoms with van der Waals surface area (Å²) in [6.45, 7) is 4.26. The number of allylic oxidation sites excluding steroid dienone is 7. The van der Waals surface area contributed by atoms with Crippen molar-refractivity contribution in [1.29, 1.82) is 0 Å². The standard InChI is InChI=1S/C55H103NO3/c1-3-5-7-9-11-13-14-15-16-17-18-19-20-21-22-23-24-25-26-27-28-29-30-31-32-33-34-35-36-37-38-39-40-41-42-43-45-47-49-51-55(59)56-53(52-57)54(58)50-48-46-44-12-10-8-6-4-2/h14-15,17-18,20-21,48,50,53-54,57-58H,3-13,16,19,22-47,49,51-52H2,1-2H3,(H,56,59)/b15-14-,18-17-,21-20-,50-48+. The van der Waals surface area contributed by atoms with Crippen LogP contribution in [0.25, 0.3) is 0 Å². The number of unbranched alkanes of at least 4 members (excludes halogenated alkanes) is 35. The Morgan fingerprint density at radius 1 is 0.407 bits per heavy atom. The normalized spacial score (nSPS) is 13.2. The molecule has 0 saturated carbocycles. The van der Waals surface area contributed by atoms with Gasteiger partial charge in [-0.05, 0) is 57.8 Å². The van der Waals surface area contributed by atoms with Gasteiger partial charge in [-0.3, -0.25) is 4.79 Å². The topological polar surface area (TPSA) is 69.6 Å². The van der Waals surface area contributed by atoms with Crippen molar-refractivity contribution in [2.24, 2.45) is 0 Å². The smallest absolute Gasteiger partial charge is 0.220 e. The summed E-state index contributed by atoms with van der Waals surface area (Å²) >= 11 is 0. The molecule has 4 nitrogen and oxygen atoms in total. The van der Waals surface area contributed by atoms with E-state index in [1.54, 1.807) is 6.08 Å². The summed E-state index contributed by atoms with van der Waals surface area (Å²) in [5.41, 5.74) is 0. The fourth-order valence-corrected chi connectivity index (χ4v) is 8.01. The molecule has 0 aromatic carbocycles. The fraction of sp³-hybridized carbons (Fsp3) is 0.836. The van der Waals surface area contributed by atoms with Crippen molar-refractivity contribution in [3.8, 4) is 0 Å². The lowest BCUT2D eigenvalue weighted by Crippen LogP contribution is -2.45. The van der Waals surface area contributed by atoms with Crippen LogP contribution in [0.4, 0.5) is 0 Å². The first-order chi connectivity index (χ1) is 29.2. The Labute approximate surface area is 369 Å². The molecule has 0 bridgehead atoms. The van der Waals surface area contributed by atoms with Crippen molar-refractivity contribution >= 4 is 5.91 Å². The number of aliphatic hydroxyl groups is 2. The van der Waals surface area contributed by atoms with Crippen LogP contribution in [0.2, 0.25) is 0 Å². The van der Waals surface area contributed by atoms with Crippen LogP contribution in [0, 0.1) is 0 Å². The number of nitrogens with one attached hydrogen (secondary N) is 1. The molecule has 0 aliphatic carbocycles. The quantitative estimate of drug-likeness (QED) is 0.0423. The largest absolute Gasteiger partial charge is 0.394 e. The van der Waals surface area contributed by atoms with Crippen molar-refractivity contribution in [2.75, 3.05) is 6.61 Å². The minimum absolute atomic E-state index is 0.0642. The molecule has 2 unspecified atom stereocenters. The van der Waals surface area contributed by atoms with Crippen molar-refractivity contribution < 1.29 is 15.0 Å². The summed E-state index contributed by atoms with van der Waals surface area (Å²) < 4.78 is 0. The van der Waals surface area contributed by atoms with Crippen LogP contribution in [0.5, 0.6) is 0 Å². The Balaban J connectivity index is 3.36. The zero-order valence-electron chi connectivity index (χ0n) is 39.8. The summed E-state index contributed by atoms with van der Waals surface area (Å²) in [6, 6.07) is -0.618. The Morgan fingerprint density at radius 2 is 0.695 bits per heavy atom. The van der Waals surface area contributed by atoms with Gasteiger partial charge >= 0.3 is 0 Å².